The number of anilines is 1. The van der Waals surface area contributed by atoms with Gasteiger partial charge in [-0.05, 0) is 12.5 Å². The van der Waals surface area contributed by atoms with Gasteiger partial charge in [-0.15, -0.1) is 0 Å². The number of halogens is 3. The molecular weight excluding hydrogens is 283 g/mol. The van der Waals surface area contributed by atoms with Crippen molar-refractivity contribution < 1.29 is 13.2 Å². The summed E-state index contributed by atoms with van der Waals surface area (Å²) in [6.07, 6.45) is -3.63. The fourth-order valence-electron chi connectivity index (χ4n) is 2.15. The predicted octanol–water partition coefficient (Wildman–Crippen LogP) is 1.29. The van der Waals surface area contributed by atoms with Crippen LogP contribution in [0.15, 0.2) is 12.3 Å². The van der Waals surface area contributed by atoms with Crippen LogP contribution in [-0.4, -0.2) is 60.3 Å². The third kappa shape index (κ3) is 6.26. The van der Waals surface area contributed by atoms with E-state index < -0.39 is 12.6 Å². The molecule has 0 amide bonds. The first kappa shape index (κ1) is 16.0. The number of nitrogens with zero attached hydrogens (tertiary/aromatic N) is 3. The summed E-state index contributed by atoms with van der Waals surface area (Å²) in [5, 5.41) is 6.34. The highest BCUT2D eigenvalue weighted by molar-refractivity contribution is 5.25. The van der Waals surface area contributed by atoms with E-state index >= 15 is 0 Å². The zero-order valence-corrected chi connectivity index (χ0v) is 11.8. The summed E-state index contributed by atoms with van der Waals surface area (Å²) in [4.78, 5) is 10.5. The molecule has 0 aromatic carbocycles. The molecule has 118 valence electrons. The zero-order valence-electron chi connectivity index (χ0n) is 11.8. The molecule has 5 nitrogen and oxygen atoms in total. The van der Waals surface area contributed by atoms with Gasteiger partial charge in [0.15, 0.2) is 0 Å². The molecule has 2 rings (SSSR count). The average molecular weight is 303 g/mol. The molecule has 8 heteroatoms. The van der Waals surface area contributed by atoms with Crippen molar-refractivity contribution in [1.82, 2.24) is 20.2 Å². The van der Waals surface area contributed by atoms with Gasteiger partial charge in [-0.2, -0.15) is 13.2 Å². The lowest BCUT2D eigenvalue weighted by Gasteiger charge is -2.27. The molecule has 0 spiro atoms. The van der Waals surface area contributed by atoms with Crippen LogP contribution < -0.4 is 10.6 Å². The molecular formula is C13H20F3N5. The SMILES string of the molecule is FC(F)(F)CCc1ccnc(NCCN2CCNCC2)n1. The molecule has 1 fully saturated rings. The van der Waals surface area contributed by atoms with E-state index in [0.29, 0.717) is 18.2 Å². The minimum Gasteiger partial charge on any atom is -0.353 e. The van der Waals surface area contributed by atoms with Gasteiger partial charge < -0.3 is 10.6 Å². The summed E-state index contributed by atoms with van der Waals surface area (Å²) in [5.41, 5.74) is 0.409. The normalized spacial score (nSPS) is 16.9. The number of piperazine rings is 1. The Balaban J connectivity index is 1.75. The van der Waals surface area contributed by atoms with Crippen molar-refractivity contribution >= 4 is 5.95 Å². The number of rotatable bonds is 6. The van der Waals surface area contributed by atoms with Crippen molar-refractivity contribution in [3.05, 3.63) is 18.0 Å². The standard InChI is InChI=1S/C13H20F3N5/c14-13(15,16)3-1-11-2-4-18-12(20-11)19-7-10-21-8-5-17-6-9-21/h2,4,17H,1,3,5-10H2,(H,18,19,20). The summed E-state index contributed by atoms with van der Waals surface area (Å²) >= 11 is 0. The van der Waals surface area contributed by atoms with Crippen LogP contribution in [0.25, 0.3) is 0 Å². The molecule has 0 aliphatic carbocycles. The molecule has 1 aromatic heterocycles. The molecule has 0 radical (unpaired) electrons. The second-order valence-corrected chi connectivity index (χ2v) is 5.01. The largest absolute Gasteiger partial charge is 0.389 e. The van der Waals surface area contributed by atoms with E-state index in [1.54, 1.807) is 0 Å². The van der Waals surface area contributed by atoms with Crippen LogP contribution in [0.4, 0.5) is 19.1 Å². The van der Waals surface area contributed by atoms with E-state index in [-0.39, 0.29) is 6.42 Å². The lowest BCUT2D eigenvalue weighted by atomic mass is 10.2. The highest BCUT2D eigenvalue weighted by atomic mass is 19.4. The van der Waals surface area contributed by atoms with Crippen molar-refractivity contribution in [3.8, 4) is 0 Å². The Kier molecular flexibility index (Phi) is 5.75. The van der Waals surface area contributed by atoms with Crippen LogP contribution in [0.1, 0.15) is 12.1 Å². The second kappa shape index (κ2) is 7.56. The Labute approximate surface area is 122 Å². The molecule has 21 heavy (non-hydrogen) atoms. The van der Waals surface area contributed by atoms with E-state index in [4.69, 9.17) is 0 Å². The maximum Gasteiger partial charge on any atom is 0.389 e. The van der Waals surface area contributed by atoms with Crippen LogP contribution in [-0.2, 0) is 6.42 Å². The lowest BCUT2D eigenvalue weighted by molar-refractivity contribution is -0.134. The number of aromatic nitrogens is 2. The average Bonchev–Trinajstić information content (AvgIpc) is 2.46. The van der Waals surface area contributed by atoms with Crippen molar-refractivity contribution in [2.24, 2.45) is 0 Å². The molecule has 1 aliphatic rings. The molecule has 0 atom stereocenters. The summed E-state index contributed by atoms with van der Waals surface area (Å²) in [6.45, 7) is 5.55. The van der Waals surface area contributed by atoms with Gasteiger partial charge in [0.25, 0.3) is 0 Å². The minimum absolute atomic E-state index is 0.113. The molecule has 1 saturated heterocycles. The molecule has 2 N–H and O–H groups in total. The Bertz CT molecular complexity index is 432. The third-order valence-corrected chi connectivity index (χ3v) is 3.30. The highest BCUT2D eigenvalue weighted by Gasteiger charge is 2.26. The Morgan fingerprint density at radius 1 is 1.29 bits per heavy atom. The van der Waals surface area contributed by atoms with Crippen molar-refractivity contribution in [2.45, 2.75) is 19.0 Å². The van der Waals surface area contributed by atoms with E-state index in [0.717, 1.165) is 32.7 Å². The quantitative estimate of drug-likeness (QED) is 0.829. The van der Waals surface area contributed by atoms with Crippen LogP contribution >= 0.6 is 0 Å². The maximum atomic E-state index is 12.2. The maximum absolute atomic E-state index is 12.2. The van der Waals surface area contributed by atoms with E-state index in [1.807, 2.05) is 0 Å². The van der Waals surface area contributed by atoms with Crippen LogP contribution in [0.3, 0.4) is 0 Å². The van der Waals surface area contributed by atoms with Crippen LogP contribution in [0.5, 0.6) is 0 Å². The molecule has 1 aliphatic heterocycles. The van der Waals surface area contributed by atoms with E-state index in [1.165, 1.54) is 12.3 Å². The first-order valence-electron chi connectivity index (χ1n) is 7.08. The summed E-state index contributed by atoms with van der Waals surface area (Å²) < 4.78 is 36.5. The van der Waals surface area contributed by atoms with Gasteiger partial charge in [0.2, 0.25) is 5.95 Å². The predicted molar refractivity (Wildman–Crippen MR) is 74.2 cm³/mol. The molecule has 2 heterocycles. The van der Waals surface area contributed by atoms with Crippen LogP contribution in [0.2, 0.25) is 0 Å². The number of hydrogen-bond acceptors (Lipinski definition) is 5. The van der Waals surface area contributed by atoms with E-state index in [9.17, 15) is 13.2 Å². The first-order valence-corrected chi connectivity index (χ1v) is 7.08. The fourth-order valence-corrected chi connectivity index (χ4v) is 2.15. The molecule has 0 saturated carbocycles. The fraction of sp³-hybridized carbons (Fsp3) is 0.692. The van der Waals surface area contributed by atoms with Gasteiger partial charge in [-0.25, -0.2) is 9.97 Å². The first-order chi connectivity index (χ1) is 10.0. The van der Waals surface area contributed by atoms with Gasteiger partial charge in [-0.1, -0.05) is 0 Å². The number of hydrogen-bond donors (Lipinski definition) is 2. The molecule has 0 bridgehead atoms. The Hall–Kier alpha value is -1.41. The second-order valence-electron chi connectivity index (χ2n) is 5.01. The van der Waals surface area contributed by atoms with Crippen LogP contribution in [0, 0.1) is 0 Å². The monoisotopic (exact) mass is 303 g/mol. The van der Waals surface area contributed by atoms with Gasteiger partial charge in [0, 0.05) is 57.6 Å². The number of nitrogens with one attached hydrogen (secondary N) is 2. The Morgan fingerprint density at radius 2 is 2.05 bits per heavy atom. The van der Waals surface area contributed by atoms with Gasteiger partial charge in [0.05, 0.1) is 0 Å². The van der Waals surface area contributed by atoms with Crippen molar-refractivity contribution in [1.29, 1.82) is 0 Å². The topological polar surface area (TPSA) is 53.1 Å². The Morgan fingerprint density at radius 3 is 2.76 bits per heavy atom. The van der Waals surface area contributed by atoms with Crippen molar-refractivity contribution in [2.75, 3.05) is 44.6 Å². The number of aryl methyl sites for hydroxylation is 1. The van der Waals surface area contributed by atoms with E-state index in [2.05, 4.69) is 25.5 Å². The summed E-state index contributed by atoms with van der Waals surface area (Å²) in [5.74, 6) is 0.393. The molecule has 0 unspecified atom stereocenters. The number of alkyl halides is 3. The molecule has 1 aromatic rings. The van der Waals surface area contributed by atoms with Gasteiger partial charge >= 0.3 is 6.18 Å². The highest BCUT2D eigenvalue weighted by Crippen LogP contribution is 2.21. The van der Waals surface area contributed by atoms with Gasteiger partial charge in [-0.3, -0.25) is 4.90 Å². The summed E-state index contributed by atoms with van der Waals surface area (Å²) in [6, 6.07) is 1.52. The van der Waals surface area contributed by atoms with Crippen molar-refractivity contribution in [3.63, 3.8) is 0 Å². The smallest absolute Gasteiger partial charge is 0.353 e. The third-order valence-electron chi connectivity index (χ3n) is 3.30. The van der Waals surface area contributed by atoms with Gasteiger partial charge in [0.1, 0.15) is 0 Å². The summed E-state index contributed by atoms with van der Waals surface area (Å²) in [7, 11) is 0. The zero-order chi connectivity index (χ0) is 15.1. The minimum atomic E-state index is -4.15. The lowest BCUT2D eigenvalue weighted by Crippen LogP contribution is -2.45.